The SMILES string of the molecule is CCc1ccccc1CNCc1cccc(OC)c1. The number of ether oxygens (including phenoxy) is 1. The molecule has 0 saturated heterocycles. The second-order valence-electron chi connectivity index (χ2n) is 4.58. The average Bonchev–Trinajstić information content (AvgIpc) is 2.48. The molecule has 0 fully saturated rings. The summed E-state index contributed by atoms with van der Waals surface area (Å²) in [6.07, 6.45) is 1.08. The second-order valence-corrected chi connectivity index (χ2v) is 4.58. The molecule has 0 atom stereocenters. The normalized spacial score (nSPS) is 10.4. The average molecular weight is 255 g/mol. The number of aryl methyl sites for hydroxylation is 1. The van der Waals surface area contributed by atoms with Crippen LogP contribution >= 0.6 is 0 Å². The van der Waals surface area contributed by atoms with Crippen LogP contribution in [-0.4, -0.2) is 7.11 Å². The molecule has 1 N–H and O–H groups in total. The lowest BCUT2D eigenvalue weighted by atomic mass is 10.1. The predicted octanol–water partition coefficient (Wildman–Crippen LogP) is 3.55. The first kappa shape index (κ1) is 13.6. The second kappa shape index (κ2) is 6.95. The number of hydrogen-bond donors (Lipinski definition) is 1. The van der Waals surface area contributed by atoms with Crippen LogP contribution in [0.2, 0.25) is 0 Å². The summed E-state index contributed by atoms with van der Waals surface area (Å²) in [4.78, 5) is 0. The van der Waals surface area contributed by atoms with Crippen LogP contribution in [-0.2, 0) is 19.5 Å². The van der Waals surface area contributed by atoms with Gasteiger partial charge in [0.1, 0.15) is 5.75 Å². The minimum absolute atomic E-state index is 0.856. The van der Waals surface area contributed by atoms with Crippen molar-refractivity contribution in [1.29, 1.82) is 0 Å². The number of rotatable bonds is 6. The van der Waals surface area contributed by atoms with Gasteiger partial charge < -0.3 is 10.1 Å². The van der Waals surface area contributed by atoms with Crippen molar-refractivity contribution in [2.75, 3.05) is 7.11 Å². The largest absolute Gasteiger partial charge is 0.497 e. The van der Waals surface area contributed by atoms with Crippen molar-refractivity contribution in [3.8, 4) is 5.75 Å². The van der Waals surface area contributed by atoms with Crippen molar-refractivity contribution in [1.82, 2.24) is 5.32 Å². The highest BCUT2D eigenvalue weighted by atomic mass is 16.5. The van der Waals surface area contributed by atoms with Crippen LogP contribution in [0.25, 0.3) is 0 Å². The molecule has 0 unspecified atom stereocenters. The Morgan fingerprint density at radius 2 is 1.74 bits per heavy atom. The smallest absolute Gasteiger partial charge is 0.119 e. The summed E-state index contributed by atoms with van der Waals surface area (Å²) in [5.41, 5.74) is 4.04. The molecular weight excluding hydrogens is 234 g/mol. The van der Waals surface area contributed by atoms with E-state index in [-0.39, 0.29) is 0 Å². The third-order valence-corrected chi connectivity index (χ3v) is 3.28. The first-order chi connectivity index (χ1) is 9.33. The summed E-state index contributed by atoms with van der Waals surface area (Å²) in [6.45, 7) is 3.96. The number of nitrogens with one attached hydrogen (secondary N) is 1. The minimum atomic E-state index is 0.856. The van der Waals surface area contributed by atoms with Gasteiger partial charge in [-0.1, -0.05) is 43.3 Å². The summed E-state index contributed by atoms with van der Waals surface area (Å²) in [6, 6.07) is 16.8. The third-order valence-electron chi connectivity index (χ3n) is 3.28. The Morgan fingerprint density at radius 3 is 2.47 bits per heavy atom. The van der Waals surface area contributed by atoms with Crippen LogP contribution < -0.4 is 10.1 Å². The van der Waals surface area contributed by atoms with Gasteiger partial charge in [-0.25, -0.2) is 0 Å². The maximum Gasteiger partial charge on any atom is 0.119 e. The van der Waals surface area contributed by atoms with E-state index < -0.39 is 0 Å². The van der Waals surface area contributed by atoms with E-state index in [1.165, 1.54) is 16.7 Å². The number of benzene rings is 2. The zero-order valence-electron chi connectivity index (χ0n) is 11.6. The van der Waals surface area contributed by atoms with E-state index in [4.69, 9.17) is 4.74 Å². The Labute approximate surface area is 115 Å². The standard InChI is InChI=1S/C17H21NO/c1-3-15-8-4-5-9-16(15)13-18-12-14-7-6-10-17(11-14)19-2/h4-11,18H,3,12-13H2,1-2H3. The fourth-order valence-corrected chi connectivity index (χ4v) is 2.20. The van der Waals surface area contributed by atoms with E-state index in [1.54, 1.807) is 7.11 Å². The molecule has 2 aromatic carbocycles. The molecule has 0 aliphatic rings. The van der Waals surface area contributed by atoms with Crippen molar-refractivity contribution >= 4 is 0 Å². The highest BCUT2D eigenvalue weighted by Gasteiger charge is 2.00. The van der Waals surface area contributed by atoms with E-state index in [0.717, 1.165) is 25.3 Å². The predicted molar refractivity (Wildman–Crippen MR) is 79.4 cm³/mol. The highest BCUT2D eigenvalue weighted by molar-refractivity contribution is 5.29. The highest BCUT2D eigenvalue weighted by Crippen LogP contribution is 2.13. The molecular formula is C17H21NO. The van der Waals surface area contributed by atoms with Gasteiger partial charge in [-0.05, 0) is 35.2 Å². The molecule has 0 heterocycles. The fourth-order valence-electron chi connectivity index (χ4n) is 2.20. The molecule has 0 bridgehead atoms. The van der Waals surface area contributed by atoms with Gasteiger partial charge in [0.05, 0.1) is 7.11 Å². The Balaban J connectivity index is 1.92. The molecule has 0 saturated carbocycles. The van der Waals surface area contributed by atoms with Crippen molar-refractivity contribution in [2.45, 2.75) is 26.4 Å². The lowest BCUT2D eigenvalue weighted by Crippen LogP contribution is -2.13. The molecule has 0 radical (unpaired) electrons. The summed E-state index contributed by atoms with van der Waals surface area (Å²) >= 11 is 0. The Kier molecular flexibility index (Phi) is 4.99. The van der Waals surface area contributed by atoms with E-state index in [2.05, 4.69) is 48.6 Å². The number of hydrogen-bond acceptors (Lipinski definition) is 2. The van der Waals surface area contributed by atoms with Crippen LogP contribution in [0.3, 0.4) is 0 Å². The molecule has 0 spiro atoms. The van der Waals surface area contributed by atoms with Gasteiger partial charge in [0, 0.05) is 13.1 Å². The van der Waals surface area contributed by atoms with Gasteiger partial charge in [0.15, 0.2) is 0 Å². The lowest BCUT2D eigenvalue weighted by molar-refractivity contribution is 0.414. The molecule has 2 aromatic rings. The van der Waals surface area contributed by atoms with Gasteiger partial charge in [0.25, 0.3) is 0 Å². The molecule has 0 aliphatic carbocycles. The monoisotopic (exact) mass is 255 g/mol. The maximum absolute atomic E-state index is 5.23. The van der Waals surface area contributed by atoms with E-state index in [0.29, 0.717) is 0 Å². The van der Waals surface area contributed by atoms with Crippen LogP contribution in [0.15, 0.2) is 48.5 Å². The third kappa shape index (κ3) is 3.83. The first-order valence-electron chi connectivity index (χ1n) is 6.74. The van der Waals surface area contributed by atoms with Crippen molar-refractivity contribution in [2.24, 2.45) is 0 Å². The molecule has 0 aliphatic heterocycles. The van der Waals surface area contributed by atoms with E-state index in [1.807, 2.05) is 12.1 Å². The molecule has 100 valence electrons. The zero-order chi connectivity index (χ0) is 13.5. The Bertz CT molecular complexity index is 522. The molecule has 19 heavy (non-hydrogen) atoms. The van der Waals surface area contributed by atoms with Crippen LogP contribution in [0.4, 0.5) is 0 Å². The maximum atomic E-state index is 5.23. The Hall–Kier alpha value is -1.80. The summed E-state index contributed by atoms with van der Waals surface area (Å²) < 4.78 is 5.23. The van der Waals surface area contributed by atoms with Gasteiger partial charge in [-0.15, -0.1) is 0 Å². The molecule has 0 amide bonds. The van der Waals surface area contributed by atoms with Crippen LogP contribution in [0.1, 0.15) is 23.6 Å². The van der Waals surface area contributed by atoms with E-state index >= 15 is 0 Å². The van der Waals surface area contributed by atoms with Crippen molar-refractivity contribution in [3.63, 3.8) is 0 Å². The van der Waals surface area contributed by atoms with Gasteiger partial charge in [0.2, 0.25) is 0 Å². The topological polar surface area (TPSA) is 21.3 Å². The first-order valence-corrected chi connectivity index (χ1v) is 6.74. The van der Waals surface area contributed by atoms with Gasteiger partial charge in [-0.2, -0.15) is 0 Å². The fraction of sp³-hybridized carbons (Fsp3) is 0.294. The zero-order valence-corrected chi connectivity index (χ0v) is 11.6. The van der Waals surface area contributed by atoms with Gasteiger partial charge in [-0.3, -0.25) is 0 Å². The summed E-state index contributed by atoms with van der Waals surface area (Å²) in [7, 11) is 1.70. The molecule has 0 aromatic heterocycles. The van der Waals surface area contributed by atoms with Crippen molar-refractivity contribution in [3.05, 3.63) is 65.2 Å². The van der Waals surface area contributed by atoms with Crippen molar-refractivity contribution < 1.29 is 4.74 Å². The Morgan fingerprint density at radius 1 is 0.947 bits per heavy atom. The van der Waals surface area contributed by atoms with Crippen LogP contribution in [0, 0.1) is 0 Å². The quantitative estimate of drug-likeness (QED) is 0.852. The molecule has 2 nitrogen and oxygen atoms in total. The lowest BCUT2D eigenvalue weighted by Gasteiger charge is -2.10. The summed E-state index contributed by atoms with van der Waals surface area (Å²) in [5.74, 6) is 0.910. The van der Waals surface area contributed by atoms with Gasteiger partial charge >= 0.3 is 0 Å². The summed E-state index contributed by atoms with van der Waals surface area (Å²) in [5, 5.41) is 3.49. The van der Waals surface area contributed by atoms with E-state index in [9.17, 15) is 0 Å². The van der Waals surface area contributed by atoms with Crippen LogP contribution in [0.5, 0.6) is 5.75 Å². The number of methoxy groups -OCH3 is 1. The molecule has 2 rings (SSSR count). The minimum Gasteiger partial charge on any atom is -0.497 e. The molecule has 2 heteroatoms.